The third-order valence-electron chi connectivity index (χ3n) is 5.47. The van der Waals surface area contributed by atoms with Crippen LogP contribution in [0.25, 0.3) is 5.69 Å². The fraction of sp³-hybridized carbons (Fsp3) is 0.474. The molecule has 2 aromatic rings. The lowest BCUT2D eigenvalue weighted by molar-refractivity contribution is 0.0681. The Morgan fingerprint density at radius 1 is 1.21 bits per heavy atom. The van der Waals surface area contributed by atoms with Gasteiger partial charge in [-0.25, -0.2) is 4.68 Å². The minimum Gasteiger partial charge on any atom is -0.338 e. The van der Waals surface area contributed by atoms with Crippen molar-refractivity contribution in [1.29, 1.82) is 0 Å². The Hall–Kier alpha value is -2.14. The quantitative estimate of drug-likeness (QED) is 0.944. The van der Waals surface area contributed by atoms with E-state index in [2.05, 4.69) is 10.4 Å². The third-order valence-corrected chi connectivity index (χ3v) is 5.47. The molecule has 2 bridgehead atoms. The van der Waals surface area contributed by atoms with E-state index in [1.165, 1.54) is 12.8 Å². The smallest absolute Gasteiger partial charge is 0.257 e. The normalized spacial score (nSPS) is 25.7. The molecule has 1 N–H and O–H groups in total. The summed E-state index contributed by atoms with van der Waals surface area (Å²) < 4.78 is 1.79. The monoisotopic (exact) mass is 324 g/mol. The molecule has 5 nitrogen and oxygen atoms in total. The molecule has 126 valence electrons. The standard InChI is InChI=1S/C19H24N4O/c1-13-18(12-23(21-13)16-6-4-3-5-7-16)19(24)22(2)17-10-14-8-9-15(11-17)20-14/h3-7,12,14-15,17,20H,8-11H2,1-2H3. The molecular weight excluding hydrogens is 300 g/mol. The minimum atomic E-state index is 0.0842. The maximum atomic E-state index is 13.0. The van der Waals surface area contributed by atoms with E-state index in [9.17, 15) is 4.79 Å². The molecule has 2 fully saturated rings. The van der Waals surface area contributed by atoms with E-state index in [0.717, 1.165) is 24.2 Å². The van der Waals surface area contributed by atoms with Crippen LogP contribution >= 0.6 is 0 Å². The molecule has 5 heteroatoms. The average Bonchev–Trinajstić information content (AvgIpc) is 3.16. The van der Waals surface area contributed by atoms with Gasteiger partial charge < -0.3 is 10.2 Å². The molecule has 0 saturated carbocycles. The zero-order valence-electron chi connectivity index (χ0n) is 14.3. The summed E-state index contributed by atoms with van der Waals surface area (Å²) in [5.74, 6) is 0.0842. The summed E-state index contributed by atoms with van der Waals surface area (Å²) in [4.78, 5) is 14.9. The maximum Gasteiger partial charge on any atom is 0.257 e. The Kier molecular flexibility index (Phi) is 3.88. The first kappa shape index (κ1) is 15.4. The molecule has 2 aliphatic rings. The molecule has 1 aromatic heterocycles. The number of benzene rings is 1. The second-order valence-corrected chi connectivity index (χ2v) is 7.09. The van der Waals surface area contributed by atoms with Crippen molar-refractivity contribution in [1.82, 2.24) is 20.0 Å². The molecule has 0 radical (unpaired) electrons. The van der Waals surface area contributed by atoms with E-state index in [0.29, 0.717) is 23.7 Å². The van der Waals surface area contributed by atoms with Gasteiger partial charge in [0.15, 0.2) is 0 Å². The highest BCUT2D eigenvalue weighted by atomic mass is 16.2. The van der Waals surface area contributed by atoms with Gasteiger partial charge in [-0.1, -0.05) is 18.2 Å². The van der Waals surface area contributed by atoms with Gasteiger partial charge in [-0.3, -0.25) is 4.79 Å². The second-order valence-electron chi connectivity index (χ2n) is 7.09. The van der Waals surface area contributed by atoms with Gasteiger partial charge in [0.25, 0.3) is 5.91 Å². The van der Waals surface area contributed by atoms with Crippen molar-refractivity contribution in [3.63, 3.8) is 0 Å². The summed E-state index contributed by atoms with van der Waals surface area (Å²) in [7, 11) is 1.94. The van der Waals surface area contributed by atoms with Crippen LogP contribution < -0.4 is 5.32 Å². The van der Waals surface area contributed by atoms with Crippen LogP contribution in [-0.2, 0) is 0 Å². The summed E-state index contributed by atoms with van der Waals surface area (Å²) in [6.07, 6.45) is 6.47. The van der Waals surface area contributed by atoms with Gasteiger partial charge in [-0.05, 0) is 44.7 Å². The van der Waals surface area contributed by atoms with Crippen molar-refractivity contribution in [3.8, 4) is 5.69 Å². The van der Waals surface area contributed by atoms with Crippen LogP contribution in [0.2, 0.25) is 0 Å². The Bertz CT molecular complexity index is 727. The number of hydrogen-bond acceptors (Lipinski definition) is 3. The first-order valence-electron chi connectivity index (χ1n) is 8.76. The van der Waals surface area contributed by atoms with Crippen LogP contribution in [0.5, 0.6) is 0 Å². The van der Waals surface area contributed by atoms with Crippen LogP contribution in [-0.4, -0.2) is 45.8 Å². The van der Waals surface area contributed by atoms with E-state index in [4.69, 9.17) is 0 Å². The van der Waals surface area contributed by atoms with Crippen molar-refractivity contribution in [2.75, 3.05) is 7.05 Å². The molecular formula is C19H24N4O. The number of carbonyl (C=O) groups excluding carboxylic acids is 1. The predicted octanol–water partition coefficient (Wildman–Crippen LogP) is 2.54. The van der Waals surface area contributed by atoms with Crippen molar-refractivity contribution in [2.24, 2.45) is 0 Å². The van der Waals surface area contributed by atoms with E-state index in [1.54, 1.807) is 4.68 Å². The van der Waals surface area contributed by atoms with Crippen LogP contribution in [0.4, 0.5) is 0 Å². The molecule has 0 spiro atoms. The number of amides is 1. The average molecular weight is 324 g/mol. The lowest BCUT2D eigenvalue weighted by atomic mass is 9.98. The van der Waals surface area contributed by atoms with Gasteiger partial charge >= 0.3 is 0 Å². The number of para-hydroxylation sites is 1. The molecule has 2 aliphatic heterocycles. The molecule has 4 rings (SSSR count). The van der Waals surface area contributed by atoms with Crippen LogP contribution in [0.3, 0.4) is 0 Å². The van der Waals surface area contributed by atoms with E-state index in [1.807, 2.05) is 55.4 Å². The summed E-state index contributed by atoms with van der Waals surface area (Å²) >= 11 is 0. The fourth-order valence-electron chi connectivity index (χ4n) is 4.08. The zero-order chi connectivity index (χ0) is 16.7. The Labute approximate surface area is 142 Å². The van der Waals surface area contributed by atoms with Crippen molar-refractivity contribution < 1.29 is 4.79 Å². The van der Waals surface area contributed by atoms with Crippen molar-refractivity contribution >= 4 is 5.91 Å². The number of rotatable bonds is 3. The summed E-state index contributed by atoms with van der Waals surface area (Å²) in [5.41, 5.74) is 2.46. The number of aromatic nitrogens is 2. The Morgan fingerprint density at radius 3 is 2.54 bits per heavy atom. The summed E-state index contributed by atoms with van der Waals surface area (Å²) in [6.45, 7) is 1.91. The first-order chi connectivity index (χ1) is 11.6. The molecule has 1 aromatic carbocycles. The zero-order valence-corrected chi connectivity index (χ0v) is 14.3. The highest BCUT2D eigenvalue weighted by molar-refractivity contribution is 5.95. The fourth-order valence-corrected chi connectivity index (χ4v) is 4.08. The van der Waals surface area contributed by atoms with Crippen LogP contribution in [0, 0.1) is 6.92 Å². The topological polar surface area (TPSA) is 50.2 Å². The molecule has 2 saturated heterocycles. The largest absolute Gasteiger partial charge is 0.338 e. The number of aryl methyl sites for hydroxylation is 1. The van der Waals surface area contributed by atoms with Crippen LogP contribution in [0.1, 0.15) is 41.7 Å². The Morgan fingerprint density at radius 2 is 1.88 bits per heavy atom. The molecule has 2 atom stereocenters. The van der Waals surface area contributed by atoms with Gasteiger partial charge in [0.1, 0.15) is 0 Å². The highest BCUT2D eigenvalue weighted by Gasteiger charge is 2.37. The van der Waals surface area contributed by atoms with Gasteiger partial charge in [-0.15, -0.1) is 0 Å². The summed E-state index contributed by atoms with van der Waals surface area (Å²) in [5, 5.41) is 8.16. The second kappa shape index (κ2) is 6.06. The Balaban J connectivity index is 1.55. The summed E-state index contributed by atoms with van der Waals surface area (Å²) in [6, 6.07) is 11.4. The third kappa shape index (κ3) is 2.73. The number of nitrogens with zero attached hydrogens (tertiary/aromatic N) is 3. The van der Waals surface area contributed by atoms with Gasteiger partial charge in [0.05, 0.1) is 16.9 Å². The lowest BCUT2D eigenvalue weighted by Crippen LogP contribution is -2.48. The molecule has 0 aliphatic carbocycles. The van der Waals surface area contributed by atoms with Crippen molar-refractivity contribution in [3.05, 3.63) is 47.8 Å². The predicted molar refractivity (Wildman–Crippen MR) is 93.4 cm³/mol. The lowest BCUT2D eigenvalue weighted by Gasteiger charge is -2.35. The number of piperidine rings is 1. The maximum absolute atomic E-state index is 13.0. The first-order valence-corrected chi connectivity index (χ1v) is 8.76. The molecule has 1 amide bonds. The van der Waals surface area contributed by atoms with Gasteiger partial charge in [0.2, 0.25) is 0 Å². The van der Waals surface area contributed by atoms with E-state index in [-0.39, 0.29) is 5.91 Å². The molecule has 24 heavy (non-hydrogen) atoms. The molecule has 2 unspecified atom stereocenters. The number of carbonyl (C=O) groups is 1. The van der Waals surface area contributed by atoms with Gasteiger partial charge in [-0.2, -0.15) is 5.10 Å². The highest BCUT2D eigenvalue weighted by Crippen LogP contribution is 2.30. The van der Waals surface area contributed by atoms with E-state index < -0.39 is 0 Å². The van der Waals surface area contributed by atoms with Crippen molar-refractivity contribution in [2.45, 2.75) is 50.7 Å². The van der Waals surface area contributed by atoms with Crippen LogP contribution in [0.15, 0.2) is 36.5 Å². The number of nitrogens with one attached hydrogen (secondary N) is 1. The van der Waals surface area contributed by atoms with E-state index >= 15 is 0 Å². The van der Waals surface area contributed by atoms with Gasteiger partial charge in [0, 0.05) is 31.4 Å². The SMILES string of the molecule is Cc1nn(-c2ccccc2)cc1C(=O)N(C)C1CC2CCC(C1)N2. The molecule has 3 heterocycles. The number of fused-ring (bicyclic) bond motifs is 2. The minimum absolute atomic E-state index is 0.0842. The number of hydrogen-bond donors (Lipinski definition) is 1.